The maximum absolute atomic E-state index is 12.2. The number of carbonyl (C=O) groups excluding carboxylic acids is 1. The lowest BCUT2D eigenvalue weighted by Crippen LogP contribution is -2.13. The molecule has 0 fully saturated rings. The number of rotatable bonds is 7. The molecule has 1 aromatic carbocycles. The molecule has 0 saturated carbocycles. The number of pyridine rings is 2. The minimum Gasteiger partial charge on any atom is -0.495 e. The zero-order chi connectivity index (χ0) is 20.9. The van der Waals surface area contributed by atoms with Crippen LogP contribution in [0.5, 0.6) is 17.2 Å². The molecule has 152 valence electrons. The Morgan fingerprint density at radius 1 is 1.10 bits per heavy atom. The third-order valence-electron chi connectivity index (χ3n) is 4.51. The lowest BCUT2D eigenvalue weighted by Gasteiger charge is -2.09. The Morgan fingerprint density at radius 3 is 2.67 bits per heavy atom. The van der Waals surface area contributed by atoms with Gasteiger partial charge in [0.2, 0.25) is 5.91 Å². The third-order valence-corrected chi connectivity index (χ3v) is 4.51. The lowest BCUT2D eigenvalue weighted by molar-refractivity contribution is -0.115. The molecule has 8 heteroatoms. The smallest absolute Gasteiger partial charge is 0.228 e. The SMILES string of the molecule is CCn1cc(NC(=O)Cc2ccc(Oc3ccnc4cc(OC)cnc34)cc2)cn1. The van der Waals surface area contributed by atoms with Crippen molar-refractivity contribution in [1.82, 2.24) is 19.7 Å². The molecule has 0 radical (unpaired) electrons. The summed E-state index contributed by atoms with van der Waals surface area (Å²) in [5, 5.41) is 7.00. The molecule has 3 aromatic heterocycles. The van der Waals surface area contributed by atoms with Gasteiger partial charge >= 0.3 is 0 Å². The van der Waals surface area contributed by atoms with E-state index < -0.39 is 0 Å². The molecule has 4 rings (SSSR count). The van der Waals surface area contributed by atoms with Gasteiger partial charge in [0.05, 0.1) is 37.1 Å². The second-order valence-electron chi connectivity index (χ2n) is 6.61. The molecular formula is C22H21N5O3. The average molecular weight is 403 g/mol. The van der Waals surface area contributed by atoms with Crippen molar-refractivity contribution in [2.24, 2.45) is 0 Å². The molecule has 0 aliphatic rings. The maximum atomic E-state index is 12.2. The van der Waals surface area contributed by atoms with Gasteiger partial charge in [-0.3, -0.25) is 14.5 Å². The van der Waals surface area contributed by atoms with Crippen molar-refractivity contribution in [2.45, 2.75) is 19.9 Å². The molecule has 0 saturated heterocycles. The van der Waals surface area contributed by atoms with Gasteiger partial charge in [0, 0.05) is 31.1 Å². The Hall–Kier alpha value is -3.94. The molecule has 30 heavy (non-hydrogen) atoms. The Balaban J connectivity index is 1.42. The normalized spacial score (nSPS) is 10.7. The van der Waals surface area contributed by atoms with E-state index in [4.69, 9.17) is 9.47 Å². The minimum atomic E-state index is -0.0994. The van der Waals surface area contributed by atoms with Crippen molar-refractivity contribution in [2.75, 3.05) is 12.4 Å². The summed E-state index contributed by atoms with van der Waals surface area (Å²) in [5.41, 5.74) is 2.90. The highest BCUT2D eigenvalue weighted by Gasteiger charge is 2.09. The van der Waals surface area contributed by atoms with Crippen LogP contribution in [0.1, 0.15) is 12.5 Å². The van der Waals surface area contributed by atoms with Crippen LogP contribution in [0.15, 0.2) is 61.2 Å². The quantitative estimate of drug-likeness (QED) is 0.504. The number of fused-ring (bicyclic) bond motifs is 1. The number of methoxy groups -OCH3 is 1. The molecule has 0 bridgehead atoms. The van der Waals surface area contributed by atoms with Gasteiger partial charge in [-0.2, -0.15) is 5.10 Å². The van der Waals surface area contributed by atoms with E-state index in [1.165, 1.54) is 0 Å². The Morgan fingerprint density at radius 2 is 1.93 bits per heavy atom. The van der Waals surface area contributed by atoms with E-state index in [9.17, 15) is 4.79 Å². The van der Waals surface area contributed by atoms with E-state index in [0.717, 1.165) is 12.1 Å². The number of amides is 1. The van der Waals surface area contributed by atoms with Crippen molar-refractivity contribution in [3.63, 3.8) is 0 Å². The van der Waals surface area contributed by atoms with Crippen LogP contribution in [0.2, 0.25) is 0 Å². The van der Waals surface area contributed by atoms with Gasteiger partial charge in [-0.15, -0.1) is 0 Å². The number of benzene rings is 1. The monoisotopic (exact) mass is 403 g/mol. The summed E-state index contributed by atoms with van der Waals surface area (Å²) in [6.45, 7) is 2.75. The fourth-order valence-electron chi connectivity index (χ4n) is 2.98. The lowest BCUT2D eigenvalue weighted by atomic mass is 10.1. The van der Waals surface area contributed by atoms with Crippen molar-refractivity contribution in [1.29, 1.82) is 0 Å². The van der Waals surface area contributed by atoms with Crippen molar-refractivity contribution < 1.29 is 14.3 Å². The number of hydrogen-bond acceptors (Lipinski definition) is 6. The van der Waals surface area contributed by atoms with Gasteiger partial charge in [-0.25, -0.2) is 4.98 Å². The predicted molar refractivity (Wildman–Crippen MR) is 113 cm³/mol. The molecule has 0 aliphatic carbocycles. The number of nitrogens with zero attached hydrogens (tertiary/aromatic N) is 4. The van der Waals surface area contributed by atoms with Gasteiger partial charge in [-0.1, -0.05) is 12.1 Å². The van der Waals surface area contributed by atoms with E-state index in [0.29, 0.717) is 34.0 Å². The number of carbonyl (C=O) groups is 1. The number of aromatic nitrogens is 4. The van der Waals surface area contributed by atoms with Gasteiger partial charge in [-0.05, 0) is 24.6 Å². The predicted octanol–water partition coefficient (Wildman–Crippen LogP) is 3.83. The molecular weight excluding hydrogens is 382 g/mol. The van der Waals surface area contributed by atoms with Crippen LogP contribution in [0.25, 0.3) is 11.0 Å². The van der Waals surface area contributed by atoms with Crippen LogP contribution in [0.3, 0.4) is 0 Å². The first-order chi connectivity index (χ1) is 14.6. The van der Waals surface area contributed by atoms with Crippen LogP contribution in [0.4, 0.5) is 5.69 Å². The highest BCUT2D eigenvalue weighted by atomic mass is 16.5. The molecule has 8 nitrogen and oxygen atoms in total. The van der Waals surface area contributed by atoms with Crippen LogP contribution in [0, 0.1) is 0 Å². The maximum Gasteiger partial charge on any atom is 0.228 e. The van der Waals surface area contributed by atoms with E-state index in [1.54, 1.807) is 48.7 Å². The standard InChI is InChI=1S/C22H21N5O3/c1-3-27-14-16(12-25-27)26-21(28)10-15-4-6-17(7-5-15)30-20-8-9-23-19-11-18(29-2)13-24-22(19)20/h4-9,11-14H,3,10H2,1-2H3,(H,26,28). The molecule has 4 aromatic rings. The van der Waals surface area contributed by atoms with Gasteiger partial charge < -0.3 is 14.8 Å². The second-order valence-corrected chi connectivity index (χ2v) is 6.61. The Kier molecular flexibility index (Phi) is 5.56. The van der Waals surface area contributed by atoms with Gasteiger partial charge in [0.1, 0.15) is 17.0 Å². The molecule has 1 amide bonds. The van der Waals surface area contributed by atoms with Crippen LogP contribution < -0.4 is 14.8 Å². The van der Waals surface area contributed by atoms with E-state index in [2.05, 4.69) is 20.4 Å². The summed E-state index contributed by atoms with van der Waals surface area (Å²) in [7, 11) is 1.59. The highest BCUT2D eigenvalue weighted by Crippen LogP contribution is 2.29. The summed E-state index contributed by atoms with van der Waals surface area (Å²) in [4.78, 5) is 20.9. The van der Waals surface area contributed by atoms with Crippen molar-refractivity contribution >= 4 is 22.6 Å². The first-order valence-corrected chi connectivity index (χ1v) is 9.52. The minimum absolute atomic E-state index is 0.0994. The Bertz CT molecular complexity index is 1170. The first-order valence-electron chi connectivity index (χ1n) is 9.52. The topological polar surface area (TPSA) is 91.2 Å². The summed E-state index contributed by atoms with van der Waals surface area (Å²) in [5.74, 6) is 1.78. The fraction of sp³-hybridized carbons (Fsp3) is 0.182. The van der Waals surface area contributed by atoms with E-state index in [1.807, 2.05) is 31.2 Å². The molecule has 3 heterocycles. The highest BCUT2D eigenvalue weighted by molar-refractivity contribution is 5.92. The number of nitrogens with one attached hydrogen (secondary N) is 1. The van der Waals surface area contributed by atoms with E-state index in [-0.39, 0.29) is 12.3 Å². The van der Waals surface area contributed by atoms with Crippen LogP contribution in [-0.4, -0.2) is 32.8 Å². The molecule has 0 atom stereocenters. The van der Waals surface area contributed by atoms with Gasteiger partial charge in [0.25, 0.3) is 0 Å². The number of hydrogen-bond donors (Lipinski definition) is 1. The summed E-state index contributed by atoms with van der Waals surface area (Å²) in [6, 6.07) is 11.0. The third kappa shape index (κ3) is 4.38. The largest absolute Gasteiger partial charge is 0.495 e. The molecule has 1 N–H and O–H groups in total. The number of anilines is 1. The Labute approximate surface area is 173 Å². The van der Waals surface area contributed by atoms with Crippen molar-refractivity contribution in [3.8, 4) is 17.2 Å². The molecule has 0 unspecified atom stereocenters. The summed E-state index contributed by atoms with van der Waals surface area (Å²) >= 11 is 0. The van der Waals surface area contributed by atoms with Crippen LogP contribution >= 0.6 is 0 Å². The molecule has 0 aliphatic heterocycles. The zero-order valence-electron chi connectivity index (χ0n) is 16.7. The van der Waals surface area contributed by atoms with E-state index >= 15 is 0 Å². The first kappa shape index (κ1) is 19.4. The van der Waals surface area contributed by atoms with Crippen LogP contribution in [-0.2, 0) is 17.8 Å². The fourth-order valence-corrected chi connectivity index (χ4v) is 2.98. The second kappa shape index (κ2) is 8.60. The molecule has 0 spiro atoms. The van der Waals surface area contributed by atoms with Gasteiger partial charge in [0.15, 0.2) is 5.75 Å². The zero-order valence-corrected chi connectivity index (χ0v) is 16.7. The number of ether oxygens (including phenoxy) is 2. The summed E-state index contributed by atoms with van der Waals surface area (Å²) < 4.78 is 12.9. The average Bonchev–Trinajstić information content (AvgIpc) is 3.22. The van der Waals surface area contributed by atoms with Crippen molar-refractivity contribution in [3.05, 3.63) is 66.7 Å². The summed E-state index contributed by atoms with van der Waals surface area (Å²) in [6.07, 6.45) is 7.00. The number of aryl methyl sites for hydroxylation is 1.